The smallest absolute Gasteiger partial charge is 0.236 e. The SMILES string of the molecule is Cl.Cl.NCCO[C@H]1C[C@@H](O)C12CCN(C(=O)CN1CCc3ccccc3C1)CC2. The summed E-state index contributed by atoms with van der Waals surface area (Å²) in [7, 11) is 0. The molecule has 1 aliphatic carbocycles. The standard InChI is InChI=1S/C21H31N3O3.2ClH/c22-8-12-27-19-13-18(25)21(19)6-10-24(11-7-21)20(26)15-23-9-5-16-3-1-2-4-17(16)14-23;;/h1-4,18-19,25H,5-15,22H2;2*1H/t18-,19+;;/m1../s1. The third-order valence-corrected chi connectivity index (χ3v) is 6.79. The highest BCUT2D eigenvalue weighted by Gasteiger charge is 2.56. The van der Waals surface area contributed by atoms with Crippen molar-refractivity contribution in [2.75, 3.05) is 39.3 Å². The summed E-state index contributed by atoms with van der Waals surface area (Å²) in [6, 6.07) is 8.51. The molecule has 4 rings (SSSR count). The number of hydrogen-bond donors (Lipinski definition) is 2. The zero-order valence-electron chi connectivity index (χ0n) is 16.8. The van der Waals surface area contributed by atoms with Crippen LogP contribution in [-0.2, 0) is 22.5 Å². The summed E-state index contributed by atoms with van der Waals surface area (Å²) in [6.07, 6.45) is 3.12. The number of amides is 1. The van der Waals surface area contributed by atoms with Gasteiger partial charge in [-0.25, -0.2) is 0 Å². The minimum atomic E-state index is -0.309. The molecule has 1 saturated heterocycles. The predicted octanol–water partition coefficient (Wildman–Crippen LogP) is 1.61. The molecule has 2 aliphatic heterocycles. The first kappa shape index (κ1) is 24.4. The largest absolute Gasteiger partial charge is 0.392 e. The monoisotopic (exact) mass is 445 g/mol. The van der Waals surface area contributed by atoms with Gasteiger partial charge in [0.05, 0.1) is 25.4 Å². The van der Waals surface area contributed by atoms with E-state index in [2.05, 4.69) is 29.2 Å². The average Bonchev–Trinajstić information content (AvgIpc) is 2.71. The second-order valence-corrected chi connectivity index (χ2v) is 8.24. The van der Waals surface area contributed by atoms with Crippen molar-refractivity contribution in [1.29, 1.82) is 0 Å². The van der Waals surface area contributed by atoms with Crippen molar-refractivity contribution in [3.8, 4) is 0 Å². The number of nitrogens with zero attached hydrogens (tertiary/aromatic N) is 2. The summed E-state index contributed by atoms with van der Waals surface area (Å²) in [6.45, 7) is 4.74. The predicted molar refractivity (Wildman–Crippen MR) is 118 cm³/mol. The van der Waals surface area contributed by atoms with Crippen LogP contribution in [-0.4, -0.2) is 72.4 Å². The van der Waals surface area contributed by atoms with Gasteiger partial charge in [0.2, 0.25) is 5.91 Å². The van der Waals surface area contributed by atoms with E-state index in [0.717, 1.165) is 32.4 Å². The van der Waals surface area contributed by atoms with Crippen LogP contribution in [0.25, 0.3) is 0 Å². The van der Waals surface area contributed by atoms with Gasteiger partial charge in [-0.3, -0.25) is 9.69 Å². The number of piperidine rings is 1. The summed E-state index contributed by atoms with van der Waals surface area (Å²) >= 11 is 0. The van der Waals surface area contributed by atoms with Crippen LogP contribution in [0.3, 0.4) is 0 Å². The van der Waals surface area contributed by atoms with Crippen molar-refractivity contribution >= 4 is 30.7 Å². The lowest BCUT2D eigenvalue weighted by Crippen LogP contribution is -2.63. The molecule has 164 valence electrons. The lowest BCUT2D eigenvalue weighted by Gasteiger charge is -2.56. The number of aliphatic hydroxyl groups is 1. The molecule has 3 N–H and O–H groups in total. The van der Waals surface area contributed by atoms with E-state index >= 15 is 0 Å². The van der Waals surface area contributed by atoms with Crippen molar-refractivity contribution in [1.82, 2.24) is 9.80 Å². The van der Waals surface area contributed by atoms with Gasteiger partial charge in [-0.2, -0.15) is 0 Å². The van der Waals surface area contributed by atoms with Crippen LogP contribution in [0.15, 0.2) is 24.3 Å². The maximum absolute atomic E-state index is 12.8. The second kappa shape index (κ2) is 10.4. The quantitative estimate of drug-likeness (QED) is 0.719. The van der Waals surface area contributed by atoms with E-state index in [1.807, 2.05) is 4.90 Å². The first-order valence-corrected chi connectivity index (χ1v) is 10.2. The van der Waals surface area contributed by atoms with E-state index in [9.17, 15) is 9.90 Å². The van der Waals surface area contributed by atoms with Crippen LogP contribution in [0, 0.1) is 5.41 Å². The maximum atomic E-state index is 12.8. The van der Waals surface area contributed by atoms with Gasteiger partial charge < -0.3 is 20.5 Å². The molecule has 0 radical (unpaired) electrons. The summed E-state index contributed by atoms with van der Waals surface area (Å²) in [5.41, 5.74) is 8.12. The number of hydrogen-bond acceptors (Lipinski definition) is 5. The fourth-order valence-corrected chi connectivity index (χ4v) is 4.98. The van der Waals surface area contributed by atoms with Gasteiger partial charge in [0.25, 0.3) is 0 Å². The van der Waals surface area contributed by atoms with E-state index < -0.39 is 0 Å². The zero-order valence-corrected chi connectivity index (χ0v) is 18.4. The van der Waals surface area contributed by atoms with Gasteiger partial charge in [0.1, 0.15) is 0 Å². The number of fused-ring (bicyclic) bond motifs is 1. The third kappa shape index (κ3) is 4.89. The summed E-state index contributed by atoms with van der Waals surface area (Å²) < 4.78 is 5.84. The Kier molecular flexibility index (Phi) is 8.76. The van der Waals surface area contributed by atoms with E-state index in [1.165, 1.54) is 11.1 Å². The number of benzene rings is 1. The van der Waals surface area contributed by atoms with Crippen molar-refractivity contribution in [3.05, 3.63) is 35.4 Å². The second-order valence-electron chi connectivity index (χ2n) is 8.24. The van der Waals surface area contributed by atoms with Crippen LogP contribution in [0.1, 0.15) is 30.4 Å². The summed E-state index contributed by atoms with van der Waals surface area (Å²) in [4.78, 5) is 17.0. The molecular formula is C21H33Cl2N3O3. The Labute approximate surface area is 185 Å². The topological polar surface area (TPSA) is 79.0 Å². The molecule has 29 heavy (non-hydrogen) atoms. The van der Waals surface area contributed by atoms with E-state index in [4.69, 9.17) is 10.5 Å². The lowest BCUT2D eigenvalue weighted by molar-refractivity contribution is -0.210. The van der Waals surface area contributed by atoms with Crippen LogP contribution >= 0.6 is 24.8 Å². The fraction of sp³-hybridized carbons (Fsp3) is 0.667. The number of halogens is 2. The Morgan fingerprint density at radius 3 is 2.52 bits per heavy atom. The molecule has 0 bridgehead atoms. The molecule has 8 heteroatoms. The molecule has 2 atom stereocenters. The fourth-order valence-electron chi connectivity index (χ4n) is 4.98. The van der Waals surface area contributed by atoms with E-state index in [0.29, 0.717) is 39.2 Å². The molecule has 1 spiro atoms. The molecule has 0 unspecified atom stereocenters. The molecule has 1 amide bonds. The number of likely N-dealkylation sites (tertiary alicyclic amines) is 1. The van der Waals surface area contributed by atoms with Gasteiger partial charge in [-0.05, 0) is 30.4 Å². The van der Waals surface area contributed by atoms with Crippen molar-refractivity contribution in [2.45, 2.75) is 44.4 Å². The Balaban J connectivity index is 0.00000150. The first-order chi connectivity index (χ1) is 13.1. The van der Waals surface area contributed by atoms with Crippen LogP contribution < -0.4 is 5.73 Å². The van der Waals surface area contributed by atoms with Crippen LogP contribution in [0.4, 0.5) is 0 Å². The highest BCUT2D eigenvalue weighted by Crippen LogP contribution is 2.50. The van der Waals surface area contributed by atoms with E-state index in [1.54, 1.807) is 0 Å². The number of carbonyl (C=O) groups excluding carboxylic acids is 1. The van der Waals surface area contributed by atoms with Gasteiger partial charge in [-0.1, -0.05) is 24.3 Å². The molecule has 2 fully saturated rings. The number of ether oxygens (including phenoxy) is 1. The Morgan fingerprint density at radius 2 is 1.86 bits per heavy atom. The van der Waals surface area contributed by atoms with Gasteiger partial charge in [0, 0.05) is 44.6 Å². The molecule has 1 saturated carbocycles. The Morgan fingerprint density at radius 1 is 1.17 bits per heavy atom. The molecule has 1 aromatic rings. The minimum absolute atomic E-state index is 0. The number of carbonyl (C=O) groups is 1. The van der Waals surface area contributed by atoms with E-state index in [-0.39, 0.29) is 48.3 Å². The molecule has 1 aromatic carbocycles. The summed E-state index contributed by atoms with van der Waals surface area (Å²) in [5.74, 6) is 0.206. The number of rotatable bonds is 5. The van der Waals surface area contributed by atoms with Crippen LogP contribution in [0.5, 0.6) is 0 Å². The highest BCUT2D eigenvalue weighted by atomic mass is 35.5. The van der Waals surface area contributed by atoms with Crippen molar-refractivity contribution < 1.29 is 14.6 Å². The van der Waals surface area contributed by atoms with Crippen molar-refractivity contribution in [3.63, 3.8) is 0 Å². The third-order valence-electron chi connectivity index (χ3n) is 6.79. The molecule has 6 nitrogen and oxygen atoms in total. The molecule has 0 aromatic heterocycles. The Hall–Kier alpha value is -0.890. The van der Waals surface area contributed by atoms with Gasteiger partial charge >= 0.3 is 0 Å². The summed E-state index contributed by atoms with van der Waals surface area (Å²) in [5, 5.41) is 10.3. The molecular weight excluding hydrogens is 413 g/mol. The normalized spacial score (nSPS) is 25.4. The maximum Gasteiger partial charge on any atom is 0.236 e. The van der Waals surface area contributed by atoms with Gasteiger partial charge in [0.15, 0.2) is 0 Å². The minimum Gasteiger partial charge on any atom is -0.392 e. The average molecular weight is 446 g/mol. The highest BCUT2D eigenvalue weighted by molar-refractivity contribution is 5.85. The lowest BCUT2D eigenvalue weighted by atomic mass is 9.58. The molecule has 3 aliphatic rings. The Bertz CT molecular complexity index is 683. The first-order valence-electron chi connectivity index (χ1n) is 10.2. The molecule has 2 heterocycles. The number of aliphatic hydroxyl groups excluding tert-OH is 1. The van der Waals surface area contributed by atoms with Gasteiger partial charge in [-0.15, -0.1) is 24.8 Å². The number of nitrogens with two attached hydrogens (primary N) is 1. The zero-order chi connectivity index (χ0) is 18.9. The van der Waals surface area contributed by atoms with Crippen molar-refractivity contribution in [2.24, 2.45) is 11.1 Å². The van der Waals surface area contributed by atoms with Crippen LogP contribution in [0.2, 0.25) is 0 Å².